The second-order valence-corrected chi connectivity index (χ2v) is 6.90. The third kappa shape index (κ3) is 3.81. The molecule has 8 heteroatoms. The largest absolute Gasteiger partial charge is 0.391 e. The topological polar surface area (TPSA) is 85.0 Å². The van der Waals surface area contributed by atoms with Gasteiger partial charge in [-0.3, -0.25) is 14.2 Å². The number of aliphatic hydroxyl groups excluding tert-OH is 1. The van der Waals surface area contributed by atoms with Gasteiger partial charge in [-0.2, -0.15) is 10.2 Å². The molecule has 2 N–H and O–H groups in total. The first-order chi connectivity index (χ1) is 11.0. The van der Waals surface area contributed by atoms with E-state index < -0.39 is 6.10 Å². The van der Waals surface area contributed by atoms with Crippen molar-refractivity contribution in [3.05, 3.63) is 34.8 Å². The van der Waals surface area contributed by atoms with E-state index in [0.717, 1.165) is 23.1 Å². The second kappa shape index (κ2) is 6.84. The summed E-state index contributed by atoms with van der Waals surface area (Å²) < 4.78 is 4.39. The van der Waals surface area contributed by atoms with Crippen LogP contribution in [0.4, 0.5) is 0 Å². The van der Waals surface area contributed by atoms with Crippen LogP contribution in [0, 0.1) is 12.8 Å². The zero-order valence-corrected chi connectivity index (χ0v) is 14.5. The first kappa shape index (κ1) is 16.2. The van der Waals surface area contributed by atoms with E-state index >= 15 is 0 Å². The van der Waals surface area contributed by atoms with Gasteiger partial charge >= 0.3 is 0 Å². The molecule has 1 aliphatic carbocycles. The number of nitrogens with one attached hydrogen (secondary N) is 1. The van der Waals surface area contributed by atoms with Gasteiger partial charge in [0.25, 0.3) is 0 Å². The minimum atomic E-state index is -0.509. The van der Waals surface area contributed by atoms with Crippen molar-refractivity contribution in [3.63, 3.8) is 0 Å². The van der Waals surface area contributed by atoms with Crippen LogP contribution in [0.25, 0.3) is 0 Å². The number of hydrogen-bond donors (Lipinski definition) is 2. The Balaban J connectivity index is 1.53. The molecule has 1 saturated carbocycles. The van der Waals surface area contributed by atoms with Crippen LogP contribution >= 0.6 is 15.9 Å². The van der Waals surface area contributed by atoms with Crippen molar-refractivity contribution in [2.45, 2.75) is 45.0 Å². The van der Waals surface area contributed by atoms with E-state index in [4.69, 9.17) is 0 Å². The summed E-state index contributed by atoms with van der Waals surface area (Å²) in [7, 11) is 0. The lowest BCUT2D eigenvalue weighted by Crippen LogP contribution is -2.41. The standard InChI is InChI=1S/C15H20BrN5O2/c1-10-12(16)7-18-21(10)9-15(23)19-13-5-11(6-14(13)22)8-20-4-2-3-17-20/h2-4,7,11,13-14,22H,5-6,8-9H2,1H3,(H,19,23)/t11?,13-,14-/m1/s1. The molecule has 2 aromatic rings. The molecular weight excluding hydrogens is 362 g/mol. The smallest absolute Gasteiger partial charge is 0.242 e. The first-order valence-corrected chi connectivity index (χ1v) is 8.45. The fourth-order valence-electron chi connectivity index (χ4n) is 3.07. The summed E-state index contributed by atoms with van der Waals surface area (Å²) in [5.74, 6) is 0.184. The van der Waals surface area contributed by atoms with Crippen LogP contribution in [0.5, 0.6) is 0 Å². The van der Waals surface area contributed by atoms with Crippen molar-refractivity contribution in [3.8, 4) is 0 Å². The number of carbonyl (C=O) groups is 1. The van der Waals surface area contributed by atoms with Gasteiger partial charge in [-0.15, -0.1) is 0 Å². The lowest BCUT2D eigenvalue weighted by molar-refractivity contribution is -0.123. The first-order valence-electron chi connectivity index (χ1n) is 7.65. The average Bonchev–Trinajstić information content (AvgIpc) is 3.19. The molecule has 23 heavy (non-hydrogen) atoms. The normalized spacial score (nSPS) is 24.0. The van der Waals surface area contributed by atoms with Gasteiger partial charge in [0.1, 0.15) is 6.54 Å². The average molecular weight is 382 g/mol. The lowest BCUT2D eigenvalue weighted by atomic mass is 10.1. The van der Waals surface area contributed by atoms with Crippen molar-refractivity contribution in [1.29, 1.82) is 0 Å². The molecule has 1 fully saturated rings. The molecule has 2 heterocycles. The van der Waals surface area contributed by atoms with Crippen LogP contribution in [0.3, 0.4) is 0 Å². The number of hydrogen-bond acceptors (Lipinski definition) is 4. The monoisotopic (exact) mass is 381 g/mol. The second-order valence-electron chi connectivity index (χ2n) is 6.04. The van der Waals surface area contributed by atoms with E-state index in [1.165, 1.54) is 0 Å². The number of aliphatic hydroxyl groups is 1. The summed E-state index contributed by atoms with van der Waals surface area (Å²) in [6, 6.07) is 1.68. The molecule has 1 aliphatic rings. The minimum Gasteiger partial charge on any atom is -0.391 e. The van der Waals surface area contributed by atoms with Crippen LogP contribution in [0.15, 0.2) is 29.1 Å². The summed E-state index contributed by atoms with van der Waals surface area (Å²) >= 11 is 3.38. The summed E-state index contributed by atoms with van der Waals surface area (Å²) in [6.07, 6.45) is 6.26. The predicted octanol–water partition coefficient (Wildman–Crippen LogP) is 1.11. The Labute approximate surface area is 142 Å². The maximum Gasteiger partial charge on any atom is 0.242 e. The van der Waals surface area contributed by atoms with Gasteiger partial charge in [-0.1, -0.05) is 0 Å². The number of carbonyl (C=O) groups excluding carboxylic acids is 1. The maximum atomic E-state index is 12.2. The van der Waals surface area contributed by atoms with Crippen molar-refractivity contribution in [1.82, 2.24) is 24.9 Å². The summed E-state index contributed by atoms with van der Waals surface area (Å²) in [6.45, 7) is 2.82. The number of rotatable bonds is 5. The molecule has 0 aromatic carbocycles. The van der Waals surface area contributed by atoms with Gasteiger partial charge < -0.3 is 10.4 Å². The van der Waals surface area contributed by atoms with Crippen LogP contribution in [0.1, 0.15) is 18.5 Å². The Bertz CT molecular complexity index is 669. The molecule has 3 rings (SSSR count). The Kier molecular flexibility index (Phi) is 4.82. The Morgan fingerprint density at radius 1 is 1.48 bits per heavy atom. The number of amides is 1. The highest BCUT2D eigenvalue weighted by Crippen LogP contribution is 2.27. The van der Waals surface area contributed by atoms with Crippen LogP contribution < -0.4 is 5.32 Å². The quantitative estimate of drug-likeness (QED) is 0.812. The highest BCUT2D eigenvalue weighted by atomic mass is 79.9. The third-order valence-electron chi connectivity index (χ3n) is 4.31. The highest BCUT2D eigenvalue weighted by Gasteiger charge is 2.34. The summed E-state index contributed by atoms with van der Waals surface area (Å²) in [5.41, 5.74) is 0.906. The van der Waals surface area contributed by atoms with E-state index in [0.29, 0.717) is 12.3 Å². The summed E-state index contributed by atoms with van der Waals surface area (Å²) in [4.78, 5) is 12.2. The molecule has 1 amide bonds. The SMILES string of the molecule is Cc1c(Br)cnn1CC(=O)N[C@@H]1CC(Cn2cccn2)C[C@H]1O. The minimum absolute atomic E-state index is 0.132. The van der Waals surface area contributed by atoms with Crippen LogP contribution in [0.2, 0.25) is 0 Å². The number of aromatic nitrogens is 4. The lowest BCUT2D eigenvalue weighted by Gasteiger charge is -2.16. The van der Waals surface area contributed by atoms with Gasteiger partial charge in [0.05, 0.1) is 28.5 Å². The predicted molar refractivity (Wildman–Crippen MR) is 87.6 cm³/mol. The van der Waals surface area contributed by atoms with Crippen molar-refractivity contribution in [2.24, 2.45) is 5.92 Å². The van der Waals surface area contributed by atoms with Gasteiger partial charge in [0.15, 0.2) is 0 Å². The molecule has 7 nitrogen and oxygen atoms in total. The van der Waals surface area contributed by atoms with Crippen molar-refractivity contribution >= 4 is 21.8 Å². The highest BCUT2D eigenvalue weighted by molar-refractivity contribution is 9.10. The fourth-order valence-corrected chi connectivity index (χ4v) is 3.36. The fraction of sp³-hybridized carbons (Fsp3) is 0.533. The van der Waals surface area contributed by atoms with Gasteiger partial charge in [-0.05, 0) is 47.7 Å². The third-order valence-corrected chi connectivity index (χ3v) is 5.09. The summed E-state index contributed by atoms with van der Waals surface area (Å²) in [5, 5.41) is 21.5. The molecule has 1 unspecified atom stereocenters. The van der Waals surface area contributed by atoms with E-state index in [2.05, 4.69) is 31.4 Å². The molecule has 0 spiro atoms. The molecule has 0 aliphatic heterocycles. The molecule has 124 valence electrons. The van der Waals surface area contributed by atoms with Crippen LogP contribution in [-0.4, -0.2) is 42.7 Å². The molecule has 0 bridgehead atoms. The van der Waals surface area contributed by atoms with Crippen LogP contribution in [-0.2, 0) is 17.9 Å². The zero-order valence-electron chi connectivity index (χ0n) is 12.9. The van der Waals surface area contributed by atoms with Gasteiger partial charge in [-0.25, -0.2) is 0 Å². The van der Waals surface area contributed by atoms with Gasteiger partial charge in [0, 0.05) is 18.9 Å². The molecule has 0 saturated heterocycles. The molecular formula is C15H20BrN5O2. The number of nitrogens with zero attached hydrogens (tertiary/aromatic N) is 4. The van der Waals surface area contributed by atoms with Crippen molar-refractivity contribution < 1.29 is 9.90 Å². The van der Waals surface area contributed by atoms with Crippen molar-refractivity contribution in [2.75, 3.05) is 0 Å². The Hall–Kier alpha value is -1.67. The van der Waals surface area contributed by atoms with E-state index in [1.54, 1.807) is 17.1 Å². The zero-order chi connectivity index (χ0) is 16.4. The molecule has 0 radical (unpaired) electrons. The molecule has 3 atom stereocenters. The Morgan fingerprint density at radius 3 is 2.96 bits per heavy atom. The maximum absolute atomic E-state index is 12.2. The van der Waals surface area contributed by atoms with Gasteiger partial charge in [0.2, 0.25) is 5.91 Å². The Morgan fingerprint density at radius 2 is 2.30 bits per heavy atom. The molecule has 2 aromatic heterocycles. The van der Waals surface area contributed by atoms with E-state index in [-0.39, 0.29) is 18.5 Å². The van der Waals surface area contributed by atoms with E-state index in [1.807, 2.05) is 23.9 Å². The van der Waals surface area contributed by atoms with E-state index in [9.17, 15) is 9.90 Å². The number of halogens is 1.